The van der Waals surface area contributed by atoms with Gasteiger partial charge in [0, 0.05) is 13.7 Å². The first-order chi connectivity index (χ1) is 9.27. The van der Waals surface area contributed by atoms with Crippen molar-refractivity contribution in [2.45, 2.75) is 6.92 Å². The monoisotopic (exact) mass is 269 g/mol. The van der Waals surface area contributed by atoms with Crippen molar-refractivity contribution in [1.29, 1.82) is 0 Å². The third-order valence-electron chi connectivity index (χ3n) is 3.23. The van der Waals surface area contributed by atoms with Gasteiger partial charge in [-0.15, -0.1) is 0 Å². The lowest BCUT2D eigenvalue weighted by Crippen LogP contribution is -2.26. The van der Waals surface area contributed by atoms with E-state index < -0.39 is 7.14 Å². The fourth-order valence-electron chi connectivity index (χ4n) is 2.15. The Morgan fingerprint density at radius 2 is 1.37 bits per heavy atom. The van der Waals surface area contributed by atoms with Crippen LogP contribution >= 0.6 is 7.14 Å². The Hall–Kier alpha value is -1.11. The van der Waals surface area contributed by atoms with Gasteiger partial charge < -0.3 is 4.74 Å². The smallest absolute Gasteiger partial charge is 0.377 e. The van der Waals surface area contributed by atoms with Gasteiger partial charge in [-0.05, 0) is 31.2 Å². The fourth-order valence-corrected chi connectivity index (χ4v) is 4.79. The molecule has 0 N–H and O–H groups in total. The van der Waals surface area contributed by atoms with Crippen LogP contribution in [-0.2, 0) is 4.74 Å². The van der Waals surface area contributed by atoms with Crippen LogP contribution in [0.3, 0.4) is 0 Å². The molecular weight excluding hydrogens is 250 g/mol. The molecule has 0 aliphatic heterocycles. The van der Waals surface area contributed by atoms with Crippen molar-refractivity contribution in [2.24, 2.45) is 0 Å². The third kappa shape index (κ3) is 3.46. The highest BCUT2D eigenvalue weighted by molar-refractivity contribution is 8.08. The lowest BCUT2D eigenvalue weighted by Gasteiger charge is -2.23. The summed E-state index contributed by atoms with van der Waals surface area (Å²) in [5, 5.41) is 2.47. The van der Waals surface area contributed by atoms with Gasteiger partial charge >= 0.3 is 7.57 Å². The lowest BCUT2D eigenvalue weighted by molar-refractivity contribution is 0.164. The third-order valence-corrected chi connectivity index (χ3v) is 6.55. The van der Waals surface area contributed by atoms with Crippen LogP contribution in [0.15, 0.2) is 60.7 Å². The van der Waals surface area contributed by atoms with Crippen molar-refractivity contribution in [3.8, 4) is 0 Å². The lowest BCUT2D eigenvalue weighted by atomic mass is 10.4. The van der Waals surface area contributed by atoms with Crippen molar-refractivity contribution in [2.75, 3.05) is 19.4 Å². The summed E-state index contributed by atoms with van der Waals surface area (Å²) in [4.78, 5) is 0. The topological polar surface area (TPSA) is 9.23 Å². The highest BCUT2D eigenvalue weighted by atomic mass is 31.2. The van der Waals surface area contributed by atoms with E-state index in [2.05, 4.69) is 48.5 Å². The average molecular weight is 269 g/mol. The quantitative estimate of drug-likeness (QED) is 0.445. The molecule has 0 aromatic heterocycles. The highest BCUT2D eigenvalue weighted by Gasteiger charge is 2.36. The molecule has 96 valence electrons. The summed E-state index contributed by atoms with van der Waals surface area (Å²) < 4.78 is 5.52. The van der Waals surface area contributed by atoms with Crippen LogP contribution in [0.5, 0.6) is 0 Å². The molecule has 0 amide bonds. The zero-order valence-corrected chi connectivity index (χ0v) is 12.2. The van der Waals surface area contributed by atoms with Gasteiger partial charge in [0.05, 0.1) is 23.4 Å². The second-order valence-corrected chi connectivity index (χ2v) is 7.68. The zero-order valence-electron chi connectivity index (χ0n) is 11.3. The van der Waals surface area contributed by atoms with Crippen LogP contribution < -0.4 is 10.6 Å². The number of rotatable bonds is 6. The van der Waals surface area contributed by atoms with Gasteiger partial charge in [0.25, 0.3) is 0 Å². The van der Waals surface area contributed by atoms with Gasteiger partial charge in [-0.25, -0.2) is 0 Å². The van der Waals surface area contributed by atoms with E-state index in [0.717, 1.165) is 12.8 Å². The molecule has 0 spiro atoms. The summed E-state index contributed by atoms with van der Waals surface area (Å²) in [6.45, 7) is 3.47. The molecular formula is C16H19BOP+. The Bertz CT molecular complexity index is 447. The molecule has 2 radical (unpaired) electrons. The summed E-state index contributed by atoms with van der Waals surface area (Å²) in [6, 6.07) is 20.8. The second kappa shape index (κ2) is 6.89. The van der Waals surface area contributed by atoms with Crippen molar-refractivity contribution in [3.63, 3.8) is 0 Å². The minimum atomic E-state index is -1.83. The molecule has 0 aliphatic carbocycles. The Morgan fingerprint density at radius 3 is 1.79 bits per heavy atom. The van der Waals surface area contributed by atoms with E-state index in [9.17, 15) is 0 Å². The normalized spacial score (nSPS) is 11.4. The van der Waals surface area contributed by atoms with E-state index in [1.807, 2.05) is 19.1 Å². The van der Waals surface area contributed by atoms with Gasteiger partial charge in [0.2, 0.25) is 0 Å². The predicted octanol–water partition coefficient (Wildman–Crippen LogP) is 2.78. The van der Waals surface area contributed by atoms with E-state index >= 15 is 0 Å². The average Bonchev–Trinajstić information content (AvgIpc) is 2.49. The zero-order chi connectivity index (χ0) is 13.6. The highest BCUT2D eigenvalue weighted by Crippen LogP contribution is 2.50. The van der Waals surface area contributed by atoms with Gasteiger partial charge in [-0.2, -0.15) is 0 Å². The molecule has 0 unspecified atom stereocenters. The van der Waals surface area contributed by atoms with E-state index in [4.69, 9.17) is 12.3 Å². The van der Waals surface area contributed by atoms with E-state index in [1.165, 1.54) is 10.6 Å². The van der Waals surface area contributed by atoms with E-state index in [0.29, 0.717) is 6.61 Å². The maximum atomic E-state index is 6.81. The van der Waals surface area contributed by atoms with Gasteiger partial charge in [-0.1, -0.05) is 36.4 Å². The van der Waals surface area contributed by atoms with Crippen LogP contribution in [0.1, 0.15) is 6.92 Å². The Morgan fingerprint density at radius 1 is 0.895 bits per heavy atom. The molecule has 0 saturated heterocycles. The fraction of sp³-hybridized carbons (Fsp3) is 0.250. The SMILES string of the molecule is [B][P+](CCOCC)(c1ccccc1)c1ccccc1. The Labute approximate surface area is 117 Å². The van der Waals surface area contributed by atoms with Crippen molar-refractivity contribution >= 4 is 25.3 Å². The number of benzene rings is 2. The molecule has 0 fully saturated rings. The summed E-state index contributed by atoms with van der Waals surface area (Å²) in [5.41, 5.74) is 0. The summed E-state index contributed by atoms with van der Waals surface area (Å²) in [7, 11) is 4.98. The molecule has 2 rings (SSSR count). The predicted molar refractivity (Wildman–Crippen MR) is 86.2 cm³/mol. The molecule has 0 aliphatic rings. The molecule has 0 saturated carbocycles. The van der Waals surface area contributed by atoms with E-state index in [-0.39, 0.29) is 0 Å². The summed E-state index contributed by atoms with van der Waals surface area (Å²) >= 11 is 0. The first-order valence-corrected chi connectivity index (χ1v) is 8.67. The molecule has 1 nitrogen and oxygen atoms in total. The van der Waals surface area contributed by atoms with Crippen LogP contribution in [0.4, 0.5) is 0 Å². The number of hydrogen-bond donors (Lipinski definition) is 0. The number of hydrogen-bond acceptors (Lipinski definition) is 1. The minimum Gasteiger partial charge on any atom is -0.378 e. The Balaban J connectivity index is 2.33. The van der Waals surface area contributed by atoms with Crippen molar-refractivity contribution < 1.29 is 4.74 Å². The largest absolute Gasteiger partial charge is 0.378 e. The van der Waals surface area contributed by atoms with Crippen LogP contribution in [-0.4, -0.2) is 26.9 Å². The second-order valence-electron chi connectivity index (χ2n) is 4.46. The van der Waals surface area contributed by atoms with Crippen LogP contribution in [0.2, 0.25) is 0 Å². The summed E-state index contributed by atoms with van der Waals surface area (Å²) in [5.74, 6) is 0. The molecule has 3 heteroatoms. The van der Waals surface area contributed by atoms with Gasteiger partial charge in [-0.3, -0.25) is 0 Å². The Kier molecular flexibility index (Phi) is 5.19. The summed E-state index contributed by atoms with van der Waals surface area (Å²) in [6.07, 6.45) is 0.884. The van der Waals surface area contributed by atoms with Crippen LogP contribution in [0.25, 0.3) is 0 Å². The first-order valence-electron chi connectivity index (χ1n) is 6.63. The van der Waals surface area contributed by atoms with E-state index in [1.54, 1.807) is 0 Å². The maximum absolute atomic E-state index is 6.81. The number of ether oxygens (including phenoxy) is 1. The van der Waals surface area contributed by atoms with Gasteiger partial charge in [0.1, 0.15) is 0 Å². The van der Waals surface area contributed by atoms with Crippen molar-refractivity contribution in [3.05, 3.63) is 60.7 Å². The first kappa shape index (κ1) is 14.3. The molecule has 19 heavy (non-hydrogen) atoms. The molecule has 2 aromatic rings. The standard InChI is InChI=1S/C16H19BOP/c1-2-18-13-14-19(17,15-9-5-3-6-10-15)16-11-7-4-8-12-16/h3-12H,2,13-14H2,1H3/q+1. The minimum absolute atomic E-state index is 0.713. The van der Waals surface area contributed by atoms with Crippen LogP contribution in [0, 0.1) is 0 Å². The molecule has 2 aromatic carbocycles. The molecule has 0 atom stereocenters. The molecule has 0 heterocycles. The van der Waals surface area contributed by atoms with Crippen molar-refractivity contribution in [1.82, 2.24) is 0 Å². The molecule has 0 bridgehead atoms. The maximum Gasteiger partial charge on any atom is 0.377 e. The van der Waals surface area contributed by atoms with Gasteiger partial charge in [0.15, 0.2) is 0 Å².